The Balaban J connectivity index is 1.22. The Labute approximate surface area is 274 Å². The number of carbonyl (C=O) groups excluding carboxylic acids is 2. The van der Waals surface area contributed by atoms with Crippen LogP contribution < -0.4 is 26.2 Å². The van der Waals surface area contributed by atoms with Crippen molar-refractivity contribution < 1.29 is 33.4 Å². The minimum atomic E-state index is -4.00. The Hall–Kier alpha value is -3.41. The van der Waals surface area contributed by atoms with Gasteiger partial charge in [-0.3, -0.25) is 18.8 Å². The molecule has 18 nitrogen and oxygen atoms in total. The lowest BCUT2D eigenvalue weighted by molar-refractivity contribution is -0.140. The van der Waals surface area contributed by atoms with Crippen LogP contribution in [0.4, 0.5) is 17.6 Å². The number of carbonyl (C=O) groups is 2. The van der Waals surface area contributed by atoms with Crippen LogP contribution in [0.3, 0.4) is 0 Å². The molecule has 0 radical (unpaired) electrons. The number of amides is 1. The molecule has 2 aliphatic rings. The van der Waals surface area contributed by atoms with Crippen LogP contribution in [0.25, 0.3) is 0 Å². The van der Waals surface area contributed by atoms with E-state index in [2.05, 4.69) is 46.1 Å². The van der Waals surface area contributed by atoms with Crippen molar-refractivity contribution in [2.24, 2.45) is 0 Å². The summed E-state index contributed by atoms with van der Waals surface area (Å²) >= 11 is 0. The molecule has 0 aromatic carbocycles. The lowest BCUT2D eigenvalue weighted by Crippen LogP contribution is -2.40. The Morgan fingerprint density at radius 2 is 1.83 bits per heavy atom. The Morgan fingerprint density at radius 3 is 2.57 bits per heavy atom. The second-order valence-electron chi connectivity index (χ2n) is 11.5. The predicted molar refractivity (Wildman–Crippen MR) is 174 cm³/mol. The SMILES string of the molecule is COC(=O)CCNCCC(=O)NCCCn1cc(CNc2nc(NC3CCN(CCP(=O)(O)O)CC3)cc(N3CCOCC3)n2)nn1. The fourth-order valence-electron chi connectivity index (χ4n) is 5.20. The number of nitrogens with one attached hydrogen (secondary N) is 4. The topological polar surface area (TPSA) is 221 Å². The third kappa shape index (κ3) is 13.7. The summed E-state index contributed by atoms with van der Waals surface area (Å²) in [5, 5.41) is 21.2. The number of likely N-dealkylation sites (tertiary alicyclic amines) is 1. The molecule has 4 heterocycles. The van der Waals surface area contributed by atoms with E-state index in [1.54, 1.807) is 4.68 Å². The van der Waals surface area contributed by atoms with E-state index in [1.165, 1.54) is 7.11 Å². The fourth-order valence-corrected chi connectivity index (χ4v) is 5.74. The molecule has 1 amide bonds. The van der Waals surface area contributed by atoms with E-state index in [-0.39, 0.29) is 30.5 Å². The molecule has 6 N–H and O–H groups in total. The lowest BCUT2D eigenvalue weighted by atomic mass is 10.1. The van der Waals surface area contributed by atoms with Crippen molar-refractivity contribution in [3.63, 3.8) is 0 Å². The van der Waals surface area contributed by atoms with Gasteiger partial charge in [0.1, 0.15) is 17.3 Å². The van der Waals surface area contributed by atoms with E-state index in [0.717, 1.165) is 50.5 Å². The maximum atomic E-state index is 12.0. The first-order valence-electron chi connectivity index (χ1n) is 16.1. The number of aromatic nitrogens is 5. The van der Waals surface area contributed by atoms with Crippen LogP contribution in [-0.2, 0) is 36.7 Å². The first-order valence-corrected chi connectivity index (χ1v) is 17.9. The van der Waals surface area contributed by atoms with Crippen LogP contribution in [0.15, 0.2) is 12.3 Å². The van der Waals surface area contributed by atoms with Gasteiger partial charge >= 0.3 is 13.6 Å². The van der Waals surface area contributed by atoms with Crippen LogP contribution >= 0.6 is 7.60 Å². The van der Waals surface area contributed by atoms with Crippen LogP contribution in [0, 0.1) is 0 Å². The van der Waals surface area contributed by atoms with Crippen molar-refractivity contribution in [2.45, 2.75) is 51.2 Å². The number of rotatable bonds is 19. The highest BCUT2D eigenvalue weighted by Gasteiger charge is 2.23. The zero-order chi connectivity index (χ0) is 33.5. The maximum Gasteiger partial charge on any atom is 0.326 e. The average molecular weight is 682 g/mol. The number of piperidine rings is 1. The quantitative estimate of drug-likeness (QED) is 0.0632. The van der Waals surface area contributed by atoms with Gasteiger partial charge in [-0.25, -0.2) is 0 Å². The molecule has 2 aromatic rings. The average Bonchev–Trinajstić information content (AvgIpc) is 3.53. The summed E-state index contributed by atoms with van der Waals surface area (Å²) in [6, 6.07) is 2.13. The summed E-state index contributed by atoms with van der Waals surface area (Å²) in [6.45, 7) is 7.07. The van der Waals surface area contributed by atoms with E-state index < -0.39 is 7.60 Å². The molecule has 0 spiro atoms. The van der Waals surface area contributed by atoms with Gasteiger partial charge in [0.05, 0.1) is 45.6 Å². The molecule has 0 bridgehead atoms. The molecule has 2 fully saturated rings. The molecular weight excluding hydrogens is 633 g/mol. The molecule has 19 heteroatoms. The molecular formula is C28H48N11O7P. The van der Waals surface area contributed by atoms with Gasteiger partial charge in [0.15, 0.2) is 0 Å². The standard InChI is InChI=1S/C28H48N11O7P/c1-45-27(41)4-9-29-8-3-26(40)30-7-2-10-39-21-23(35-36-39)20-31-28-33-24(19-25(34-28)38-13-16-46-17-14-38)32-22-5-11-37(12-6-22)15-18-47(42,43)44/h19,21-22,29H,2-18,20H2,1H3,(H,30,40)(H2,42,43,44)(H2,31,32,33,34). The molecule has 0 unspecified atom stereocenters. The monoisotopic (exact) mass is 681 g/mol. The zero-order valence-electron chi connectivity index (χ0n) is 27.0. The van der Waals surface area contributed by atoms with Crippen molar-refractivity contribution in [3.8, 4) is 0 Å². The van der Waals surface area contributed by atoms with Crippen molar-refractivity contribution in [3.05, 3.63) is 18.0 Å². The molecule has 2 aromatic heterocycles. The van der Waals surface area contributed by atoms with Gasteiger partial charge < -0.3 is 50.3 Å². The van der Waals surface area contributed by atoms with Gasteiger partial charge in [-0.2, -0.15) is 9.97 Å². The Kier molecular flexibility index (Phi) is 14.6. The Bertz CT molecular complexity index is 1310. The van der Waals surface area contributed by atoms with Gasteiger partial charge in [-0.05, 0) is 19.3 Å². The second kappa shape index (κ2) is 18.8. The number of morpholine rings is 1. The van der Waals surface area contributed by atoms with Crippen molar-refractivity contribution in [2.75, 3.05) is 94.4 Å². The molecule has 4 rings (SSSR count). The van der Waals surface area contributed by atoms with E-state index in [0.29, 0.717) is 77.1 Å². The molecule has 2 aliphatic heterocycles. The lowest BCUT2D eigenvalue weighted by Gasteiger charge is -2.33. The van der Waals surface area contributed by atoms with Gasteiger partial charge in [-0.1, -0.05) is 5.21 Å². The Morgan fingerprint density at radius 1 is 1.06 bits per heavy atom. The second-order valence-corrected chi connectivity index (χ2v) is 13.3. The van der Waals surface area contributed by atoms with Crippen LogP contribution in [-0.4, -0.2) is 136 Å². The minimum Gasteiger partial charge on any atom is -0.469 e. The molecule has 47 heavy (non-hydrogen) atoms. The summed E-state index contributed by atoms with van der Waals surface area (Å²) in [6.07, 6.45) is 4.70. The predicted octanol–water partition coefficient (Wildman–Crippen LogP) is -0.380. The zero-order valence-corrected chi connectivity index (χ0v) is 27.9. The van der Waals surface area contributed by atoms with Crippen molar-refractivity contribution in [1.29, 1.82) is 0 Å². The van der Waals surface area contributed by atoms with Gasteiger partial charge in [-0.15, -0.1) is 5.10 Å². The van der Waals surface area contributed by atoms with Gasteiger partial charge in [0.25, 0.3) is 0 Å². The van der Waals surface area contributed by atoms with Crippen LogP contribution in [0.2, 0.25) is 0 Å². The number of aryl methyl sites for hydroxylation is 1. The minimum absolute atomic E-state index is 0.0594. The summed E-state index contributed by atoms with van der Waals surface area (Å²) in [5.74, 6) is 1.63. The van der Waals surface area contributed by atoms with Crippen LogP contribution in [0.5, 0.6) is 0 Å². The highest BCUT2D eigenvalue weighted by molar-refractivity contribution is 7.51. The maximum absolute atomic E-state index is 12.0. The number of methoxy groups -OCH3 is 1. The highest BCUT2D eigenvalue weighted by atomic mass is 31.2. The summed E-state index contributed by atoms with van der Waals surface area (Å²) in [5.41, 5.74) is 0.727. The highest BCUT2D eigenvalue weighted by Crippen LogP contribution is 2.34. The van der Waals surface area contributed by atoms with Crippen LogP contribution in [0.1, 0.15) is 37.8 Å². The number of ether oxygens (including phenoxy) is 2. The first-order chi connectivity index (χ1) is 22.7. The molecule has 0 atom stereocenters. The van der Waals surface area contributed by atoms with Gasteiger partial charge in [0.2, 0.25) is 11.9 Å². The number of nitrogens with zero attached hydrogens (tertiary/aromatic N) is 7. The number of anilines is 3. The normalized spacial score (nSPS) is 16.2. The third-order valence-electron chi connectivity index (χ3n) is 7.86. The molecule has 2 saturated heterocycles. The summed E-state index contributed by atoms with van der Waals surface area (Å²) < 4.78 is 23.1. The molecule has 262 valence electrons. The molecule has 0 aliphatic carbocycles. The van der Waals surface area contributed by atoms with Gasteiger partial charge in [0, 0.05) is 77.4 Å². The number of hydrogen-bond acceptors (Lipinski definition) is 14. The fraction of sp³-hybridized carbons (Fsp3) is 0.714. The largest absolute Gasteiger partial charge is 0.469 e. The smallest absolute Gasteiger partial charge is 0.326 e. The summed E-state index contributed by atoms with van der Waals surface area (Å²) in [4.78, 5) is 55.2. The van der Waals surface area contributed by atoms with E-state index in [4.69, 9.17) is 14.7 Å². The van der Waals surface area contributed by atoms with Crippen molar-refractivity contribution in [1.82, 2.24) is 40.5 Å². The van der Waals surface area contributed by atoms with E-state index in [1.807, 2.05) is 12.3 Å². The first kappa shape index (κ1) is 36.4. The number of hydrogen-bond donors (Lipinski definition) is 6. The van der Waals surface area contributed by atoms with E-state index in [9.17, 15) is 23.9 Å². The molecule has 0 saturated carbocycles. The summed E-state index contributed by atoms with van der Waals surface area (Å²) in [7, 11) is -2.65. The number of esters is 1. The van der Waals surface area contributed by atoms with Crippen molar-refractivity contribution >= 4 is 37.1 Å². The van der Waals surface area contributed by atoms with E-state index >= 15 is 0 Å². The third-order valence-corrected chi connectivity index (χ3v) is 8.64.